The summed E-state index contributed by atoms with van der Waals surface area (Å²) in [4.78, 5) is 26.0. The second-order valence-corrected chi connectivity index (χ2v) is 9.36. The zero-order valence-electron chi connectivity index (χ0n) is 21.8. The third-order valence-electron chi connectivity index (χ3n) is 5.70. The number of rotatable bonds is 18. The molecule has 3 atom stereocenters. The molecule has 0 aliphatic heterocycles. The van der Waals surface area contributed by atoms with Crippen molar-refractivity contribution < 1.29 is 29.0 Å². The van der Waals surface area contributed by atoms with Crippen molar-refractivity contribution in [1.82, 2.24) is 10.4 Å². The van der Waals surface area contributed by atoms with Crippen molar-refractivity contribution in [3.63, 3.8) is 0 Å². The van der Waals surface area contributed by atoms with Crippen LogP contribution in [0.1, 0.15) is 32.3 Å². The minimum atomic E-state index is -0.869. The van der Waals surface area contributed by atoms with Crippen molar-refractivity contribution in [3.8, 4) is 5.75 Å². The van der Waals surface area contributed by atoms with Crippen LogP contribution in [0.15, 0.2) is 36.9 Å². The SMILES string of the molecule is C=CCC(C(N)=O)C(CC(C)C)C(=O)N(O)C(Cc1ccc(OC)cc1)C(=S)NCCOCCOC. The van der Waals surface area contributed by atoms with Crippen LogP contribution in [0, 0.1) is 17.8 Å². The highest BCUT2D eigenvalue weighted by Gasteiger charge is 2.38. The molecule has 0 aromatic heterocycles. The van der Waals surface area contributed by atoms with Gasteiger partial charge in [0.2, 0.25) is 5.91 Å². The molecule has 0 saturated heterocycles. The van der Waals surface area contributed by atoms with E-state index in [1.807, 2.05) is 26.0 Å². The molecule has 0 heterocycles. The van der Waals surface area contributed by atoms with Crippen molar-refractivity contribution >= 4 is 29.0 Å². The number of methoxy groups -OCH3 is 2. The highest BCUT2D eigenvalue weighted by Crippen LogP contribution is 2.27. The molecule has 0 saturated carbocycles. The summed E-state index contributed by atoms with van der Waals surface area (Å²) in [5, 5.41) is 14.9. The fourth-order valence-electron chi connectivity index (χ4n) is 3.81. The van der Waals surface area contributed by atoms with E-state index in [4.69, 9.17) is 32.2 Å². The van der Waals surface area contributed by atoms with Gasteiger partial charge in [-0.05, 0) is 36.5 Å². The second kappa shape index (κ2) is 17.0. The molecule has 0 spiro atoms. The van der Waals surface area contributed by atoms with Crippen LogP contribution in [0.25, 0.3) is 0 Å². The lowest BCUT2D eigenvalue weighted by molar-refractivity contribution is -0.178. The van der Waals surface area contributed by atoms with Gasteiger partial charge >= 0.3 is 0 Å². The first-order valence-corrected chi connectivity index (χ1v) is 12.5. The second-order valence-electron chi connectivity index (χ2n) is 8.92. The van der Waals surface area contributed by atoms with Gasteiger partial charge in [-0.3, -0.25) is 14.8 Å². The summed E-state index contributed by atoms with van der Waals surface area (Å²) < 4.78 is 15.6. The van der Waals surface area contributed by atoms with Crippen molar-refractivity contribution in [3.05, 3.63) is 42.5 Å². The van der Waals surface area contributed by atoms with Gasteiger partial charge in [-0.15, -0.1) is 6.58 Å². The number of thiocarbonyl (C=S) groups is 1. The van der Waals surface area contributed by atoms with Crippen LogP contribution in [0.4, 0.5) is 0 Å². The molecule has 202 valence electrons. The maximum absolute atomic E-state index is 13.6. The Bertz CT molecular complexity index is 833. The number of carbonyl (C=O) groups excluding carboxylic acids is 2. The summed E-state index contributed by atoms with van der Waals surface area (Å²) >= 11 is 5.58. The van der Waals surface area contributed by atoms with Crippen LogP contribution in [-0.4, -0.2) is 73.7 Å². The van der Waals surface area contributed by atoms with E-state index in [9.17, 15) is 14.8 Å². The van der Waals surface area contributed by atoms with Gasteiger partial charge < -0.3 is 25.3 Å². The number of benzene rings is 1. The zero-order valence-corrected chi connectivity index (χ0v) is 22.6. The number of carbonyl (C=O) groups is 2. The highest BCUT2D eigenvalue weighted by molar-refractivity contribution is 7.80. The van der Waals surface area contributed by atoms with E-state index in [0.717, 1.165) is 5.56 Å². The number of allylic oxidation sites excluding steroid dienone is 1. The van der Waals surface area contributed by atoms with Crippen molar-refractivity contribution in [2.75, 3.05) is 40.6 Å². The highest BCUT2D eigenvalue weighted by atomic mass is 32.1. The largest absolute Gasteiger partial charge is 0.497 e. The quantitative estimate of drug-likeness (QED) is 0.0883. The summed E-state index contributed by atoms with van der Waals surface area (Å²) in [7, 11) is 3.17. The average molecular weight is 524 g/mol. The van der Waals surface area contributed by atoms with Crippen LogP contribution < -0.4 is 15.8 Å². The molecule has 0 aliphatic rings. The van der Waals surface area contributed by atoms with Gasteiger partial charge in [-0.25, -0.2) is 5.06 Å². The lowest BCUT2D eigenvalue weighted by Gasteiger charge is -2.33. The van der Waals surface area contributed by atoms with Crippen molar-refractivity contribution in [2.45, 2.75) is 39.2 Å². The number of nitrogens with zero attached hydrogens (tertiary/aromatic N) is 1. The molecular weight excluding hydrogens is 482 g/mol. The molecular formula is C26H41N3O6S. The smallest absolute Gasteiger partial charge is 0.250 e. The molecule has 0 fully saturated rings. The van der Waals surface area contributed by atoms with Crippen LogP contribution in [-0.2, 0) is 25.5 Å². The molecule has 36 heavy (non-hydrogen) atoms. The number of hydrogen-bond acceptors (Lipinski definition) is 7. The van der Waals surface area contributed by atoms with Crippen LogP contribution in [0.5, 0.6) is 5.75 Å². The molecule has 0 bridgehead atoms. The molecule has 1 aromatic rings. The first-order chi connectivity index (χ1) is 17.2. The first kappa shape index (κ1) is 31.5. The van der Waals surface area contributed by atoms with Crippen LogP contribution in [0.3, 0.4) is 0 Å². The number of hydrogen-bond donors (Lipinski definition) is 3. The number of amides is 2. The van der Waals surface area contributed by atoms with Crippen LogP contribution >= 0.6 is 12.2 Å². The maximum Gasteiger partial charge on any atom is 0.250 e. The molecule has 1 aromatic carbocycles. The molecule has 1 rings (SSSR count). The minimum Gasteiger partial charge on any atom is -0.497 e. The average Bonchev–Trinajstić information content (AvgIpc) is 2.85. The van der Waals surface area contributed by atoms with E-state index >= 15 is 0 Å². The maximum atomic E-state index is 13.6. The summed E-state index contributed by atoms with van der Waals surface area (Å²) in [6.45, 7) is 9.26. The van der Waals surface area contributed by atoms with E-state index in [0.29, 0.717) is 43.6 Å². The molecule has 10 heteroatoms. The Hall–Kier alpha value is -2.53. The predicted octanol–water partition coefficient (Wildman–Crippen LogP) is 2.74. The van der Waals surface area contributed by atoms with Gasteiger partial charge in [0.15, 0.2) is 0 Å². The van der Waals surface area contributed by atoms with Crippen LogP contribution in [0.2, 0.25) is 0 Å². The van der Waals surface area contributed by atoms with Gasteiger partial charge in [0.25, 0.3) is 5.91 Å². The van der Waals surface area contributed by atoms with Crippen molar-refractivity contribution in [1.29, 1.82) is 0 Å². The third-order valence-corrected chi connectivity index (χ3v) is 6.12. The fourth-order valence-corrected chi connectivity index (χ4v) is 4.10. The summed E-state index contributed by atoms with van der Waals surface area (Å²) in [5.41, 5.74) is 6.47. The monoisotopic (exact) mass is 523 g/mol. The standard InChI is InChI=1S/C26H41N3O6S/c1-6-7-21(24(27)30)22(16-18(2)3)26(31)29(32)23(17-19-8-10-20(34-5)11-9-19)25(36)28-12-13-35-15-14-33-4/h6,8-11,18,21-23,32H,1,7,12-17H2,2-5H3,(H2,27,30)(H,28,36). The molecule has 2 amide bonds. The van der Waals surface area contributed by atoms with E-state index < -0.39 is 29.7 Å². The number of nitrogens with one attached hydrogen (secondary N) is 1. The normalized spacial score (nSPS) is 13.5. The van der Waals surface area contributed by atoms with Gasteiger partial charge in [0.1, 0.15) is 16.8 Å². The Morgan fingerprint density at radius 3 is 2.36 bits per heavy atom. The lowest BCUT2D eigenvalue weighted by Crippen LogP contribution is -2.52. The Kier molecular flexibility index (Phi) is 14.9. The Labute approximate surface area is 219 Å². The number of primary amides is 1. The topological polar surface area (TPSA) is 123 Å². The first-order valence-electron chi connectivity index (χ1n) is 12.1. The Morgan fingerprint density at radius 1 is 1.17 bits per heavy atom. The van der Waals surface area contributed by atoms with E-state index in [1.54, 1.807) is 32.4 Å². The minimum absolute atomic E-state index is 0.0911. The summed E-state index contributed by atoms with van der Waals surface area (Å²) in [6, 6.07) is 6.41. The predicted molar refractivity (Wildman–Crippen MR) is 143 cm³/mol. The number of hydroxylamine groups is 2. The number of ether oxygens (including phenoxy) is 3. The van der Waals surface area contributed by atoms with Gasteiger partial charge in [0, 0.05) is 20.1 Å². The zero-order chi connectivity index (χ0) is 27.1. The number of nitrogens with two attached hydrogens (primary N) is 1. The van der Waals surface area contributed by atoms with Crippen molar-refractivity contribution in [2.24, 2.45) is 23.5 Å². The molecule has 0 radical (unpaired) electrons. The Balaban J connectivity index is 3.15. The fraction of sp³-hybridized carbons (Fsp3) is 0.577. The lowest BCUT2D eigenvalue weighted by atomic mass is 9.82. The summed E-state index contributed by atoms with van der Waals surface area (Å²) in [6.07, 6.45) is 2.42. The van der Waals surface area contributed by atoms with E-state index in [1.165, 1.54) is 0 Å². The molecule has 4 N–H and O–H groups in total. The van der Waals surface area contributed by atoms with Gasteiger partial charge in [-0.2, -0.15) is 0 Å². The molecule has 3 unspecified atom stereocenters. The Morgan fingerprint density at radius 2 is 1.83 bits per heavy atom. The summed E-state index contributed by atoms with van der Waals surface area (Å²) in [5.74, 6) is -2.04. The molecule has 0 aliphatic carbocycles. The van der Waals surface area contributed by atoms with Gasteiger partial charge in [0.05, 0.1) is 38.8 Å². The van der Waals surface area contributed by atoms with Gasteiger partial charge in [-0.1, -0.05) is 44.3 Å². The van der Waals surface area contributed by atoms with E-state index in [2.05, 4.69) is 11.9 Å². The third kappa shape index (κ3) is 10.6. The molecule has 9 nitrogen and oxygen atoms in total. The van der Waals surface area contributed by atoms with E-state index in [-0.39, 0.29) is 23.7 Å².